The van der Waals surface area contributed by atoms with E-state index in [2.05, 4.69) is 19.2 Å². The zero-order valence-corrected chi connectivity index (χ0v) is 13.7. The van der Waals surface area contributed by atoms with Gasteiger partial charge >= 0.3 is 0 Å². The van der Waals surface area contributed by atoms with Crippen molar-refractivity contribution in [3.8, 4) is 0 Å². The van der Waals surface area contributed by atoms with Crippen molar-refractivity contribution in [3.05, 3.63) is 0 Å². The van der Waals surface area contributed by atoms with Gasteiger partial charge in [-0.3, -0.25) is 0 Å². The molecule has 1 atom stereocenters. The third-order valence-electron chi connectivity index (χ3n) is 4.19. The highest BCUT2D eigenvalue weighted by Gasteiger charge is 2.42. The lowest BCUT2D eigenvalue weighted by molar-refractivity contribution is 0.225. The molecule has 1 saturated heterocycles. The van der Waals surface area contributed by atoms with Gasteiger partial charge < -0.3 is 5.32 Å². The van der Waals surface area contributed by atoms with Gasteiger partial charge in [0.25, 0.3) is 10.2 Å². The standard InChI is InChI=1S/C14H29N3O2S/c1-3-10-16(13-8-9-13)20(18,19)17-11-6-5-7-14(17)12-15-4-2/h13-15H,3-12H2,1-2H3. The fourth-order valence-corrected chi connectivity index (χ4v) is 5.18. The Labute approximate surface area is 123 Å². The van der Waals surface area contributed by atoms with Crippen LogP contribution >= 0.6 is 0 Å². The summed E-state index contributed by atoms with van der Waals surface area (Å²) in [4.78, 5) is 0. The quantitative estimate of drug-likeness (QED) is 0.740. The van der Waals surface area contributed by atoms with E-state index in [1.807, 2.05) is 0 Å². The van der Waals surface area contributed by atoms with Gasteiger partial charge in [-0.25, -0.2) is 0 Å². The summed E-state index contributed by atoms with van der Waals surface area (Å²) in [5.41, 5.74) is 0. The first-order chi connectivity index (χ1) is 9.61. The highest BCUT2D eigenvalue weighted by molar-refractivity contribution is 7.86. The van der Waals surface area contributed by atoms with Gasteiger partial charge in [-0.2, -0.15) is 17.0 Å². The fourth-order valence-electron chi connectivity index (χ4n) is 3.00. The van der Waals surface area contributed by atoms with Gasteiger partial charge in [-0.15, -0.1) is 0 Å². The Kier molecular flexibility index (Phi) is 5.84. The van der Waals surface area contributed by atoms with Crippen LogP contribution in [0.25, 0.3) is 0 Å². The second kappa shape index (κ2) is 7.20. The molecule has 0 aromatic heterocycles. The summed E-state index contributed by atoms with van der Waals surface area (Å²) in [5.74, 6) is 0. The van der Waals surface area contributed by atoms with E-state index in [0.717, 1.165) is 51.6 Å². The molecule has 0 bridgehead atoms. The molecular weight excluding hydrogens is 274 g/mol. The minimum atomic E-state index is -3.28. The molecule has 5 nitrogen and oxygen atoms in total. The molecule has 2 aliphatic rings. The number of rotatable bonds is 8. The van der Waals surface area contributed by atoms with Crippen molar-refractivity contribution in [1.29, 1.82) is 0 Å². The smallest absolute Gasteiger partial charge is 0.282 e. The van der Waals surface area contributed by atoms with Crippen molar-refractivity contribution in [2.24, 2.45) is 0 Å². The van der Waals surface area contributed by atoms with Crippen LogP contribution in [0.4, 0.5) is 0 Å². The van der Waals surface area contributed by atoms with Gasteiger partial charge in [-0.1, -0.05) is 20.3 Å². The number of nitrogens with one attached hydrogen (secondary N) is 1. The van der Waals surface area contributed by atoms with E-state index in [-0.39, 0.29) is 12.1 Å². The summed E-state index contributed by atoms with van der Waals surface area (Å²) in [5, 5.41) is 3.31. The molecule has 1 aliphatic carbocycles. The number of piperidine rings is 1. The van der Waals surface area contributed by atoms with E-state index in [1.165, 1.54) is 0 Å². The molecule has 118 valence electrons. The predicted octanol–water partition coefficient (Wildman–Crippen LogP) is 1.57. The maximum absolute atomic E-state index is 13.0. The van der Waals surface area contributed by atoms with Gasteiger partial charge in [0.2, 0.25) is 0 Å². The van der Waals surface area contributed by atoms with Gasteiger partial charge in [0.1, 0.15) is 0 Å². The number of likely N-dealkylation sites (N-methyl/N-ethyl adjacent to an activating group) is 1. The Balaban J connectivity index is 2.11. The Morgan fingerprint density at radius 2 is 1.95 bits per heavy atom. The first kappa shape index (κ1) is 16.2. The van der Waals surface area contributed by atoms with E-state index in [9.17, 15) is 8.42 Å². The molecule has 20 heavy (non-hydrogen) atoms. The van der Waals surface area contributed by atoms with E-state index >= 15 is 0 Å². The molecule has 0 aromatic carbocycles. The predicted molar refractivity (Wildman–Crippen MR) is 81.8 cm³/mol. The lowest BCUT2D eigenvalue weighted by Crippen LogP contribution is -2.54. The highest BCUT2D eigenvalue weighted by atomic mass is 32.2. The average Bonchev–Trinajstić information content (AvgIpc) is 3.27. The minimum absolute atomic E-state index is 0.131. The van der Waals surface area contributed by atoms with Crippen molar-refractivity contribution in [1.82, 2.24) is 13.9 Å². The van der Waals surface area contributed by atoms with Crippen molar-refractivity contribution in [3.63, 3.8) is 0 Å². The zero-order valence-electron chi connectivity index (χ0n) is 12.8. The van der Waals surface area contributed by atoms with Crippen LogP contribution in [-0.2, 0) is 10.2 Å². The Hall–Kier alpha value is -0.170. The van der Waals surface area contributed by atoms with Crippen LogP contribution in [0.1, 0.15) is 52.4 Å². The first-order valence-corrected chi connectivity index (χ1v) is 9.50. The molecule has 1 unspecified atom stereocenters. The molecule has 1 heterocycles. The lowest BCUT2D eigenvalue weighted by atomic mass is 10.1. The summed E-state index contributed by atoms with van der Waals surface area (Å²) < 4.78 is 29.4. The maximum Gasteiger partial charge on any atom is 0.282 e. The van der Waals surface area contributed by atoms with Crippen LogP contribution in [-0.4, -0.2) is 55.3 Å². The van der Waals surface area contributed by atoms with Crippen LogP contribution in [0, 0.1) is 0 Å². The average molecular weight is 303 g/mol. The lowest BCUT2D eigenvalue weighted by Gasteiger charge is -2.38. The van der Waals surface area contributed by atoms with E-state index in [0.29, 0.717) is 13.1 Å². The van der Waals surface area contributed by atoms with Gasteiger partial charge in [0.15, 0.2) is 0 Å². The molecule has 1 aliphatic heterocycles. The third-order valence-corrected chi connectivity index (χ3v) is 6.34. The summed E-state index contributed by atoms with van der Waals surface area (Å²) in [6.45, 7) is 7.14. The molecule has 6 heteroatoms. The minimum Gasteiger partial charge on any atom is -0.315 e. The van der Waals surface area contributed by atoms with E-state index < -0.39 is 10.2 Å². The molecular formula is C14H29N3O2S. The van der Waals surface area contributed by atoms with Crippen LogP contribution in [0.3, 0.4) is 0 Å². The van der Waals surface area contributed by atoms with E-state index in [1.54, 1.807) is 8.61 Å². The van der Waals surface area contributed by atoms with Crippen molar-refractivity contribution in [2.45, 2.75) is 64.5 Å². The van der Waals surface area contributed by atoms with Gasteiger partial charge in [0, 0.05) is 31.7 Å². The summed E-state index contributed by atoms with van der Waals surface area (Å²) in [7, 11) is -3.28. The van der Waals surface area contributed by atoms with Crippen molar-refractivity contribution in [2.75, 3.05) is 26.2 Å². The van der Waals surface area contributed by atoms with Crippen molar-refractivity contribution < 1.29 is 8.42 Å². The summed E-state index contributed by atoms with van der Waals surface area (Å²) >= 11 is 0. The largest absolute Gasteiger partial charge is 0.315 e. The summed E-state index contributed by atoms with van der Waals surface area (Å²) in [6, 6.07) is 0.397. The molecule has 1 N–H and O–H groups in total. The second-order valence-electron chi connectivity index (χ2n) is 5.92. The molecule has 0 aromatic rings. The SMILES string of the molecule is CCCN(C1CC1)S(=O)(=O)N1CCCCC1CNCC. The fraction of sp³-hybridized carbons (Fsp3) is 1.00. The normalized spacial score (nSPS) is 25.2. The number of hydrogen-bond donors (Lipinski definition) is 1. The molecule has 1 saturated carbocycles. The van der Waals surface area contributed by atoms with Crippen molar-refractivity contribution >= 4 is 10.2 Å². The van der Waals surface area contributed by atoms with Gasteiger partial charge in [-0.05, 0) is 38.6 Å². The maximum atomic E-state index is 13.0. The highest BCUT2D eigenvalue weighted by Crippen LogP contribution is 2.32. The Bertz CT molecular complexity index is 395. The molecule has 0 spiro atoms. The van der Waals surface area contributed by atoms with Gasteiger partial charge in [0.05, 0.1) is 0 Å². The first-order valence-electron chi connectivity index (χ1n) is 8.10. The molecule has 2 fully saturated rings. The van der Waals surface area contributed by atoms with Crippen LogP contribution in [0.2, 0.25) is 0 Å². The number of hydrogen-bond acceptors (Lipinski definition) is 3. The monoisotopic (exact) mass is 303 g/mol. The molecule has 2 rings (SSSR count). The summed E-state index contributed by atoms with van der Waals surface area (Å²) in [6.07, 6.45) is 6.07. The molecule has 0 radical (unpaired) electrons. The third kappa shape index (κ3) is 3.72. The Morgan fingerprint density at radius 1 is 1.20 bits per heavy atom. The van der Waals surface area contributed by atoms with Crippen LogP contribution < -0.4 is 5.32 Å². The topological polar surface area (TPSA) is 52.7 Å². The molecule has 0 amide bonds. The zero-order chi connectivity index (χ0) is 14.6. The Morgan fingerprint density at radius 3 is 2.55 bits per heavy atom. The second-order valence-corrected chi connectivity index (χ2v) is 7.75. The van der Waals surface area contributed by atoms with Crippen LogP contribution in [0.15, 0.2) is 0 Å². The number of nitrogens with zero attached hydrogens (tertiary/aromatic N) is 2. The van der Waals surface area contributed by atoms with E-state index in [4.69, 9.17) is 0 Å². The van der Waals surface area contributed by atoms with Crippen LogP contribution in [0.5, 0.6) is 0 Å².